The molecule has 8 heteroatoms. The highest BCUT2D eigenvalue weighted by Crippen LogP contribution is 2.15. The third kappa shape index (κ3) is 7.13. The second-order valence-corrected chi connectivity index (χ2v) is 6.05. The maximum atomic E-state index is 13.1. The molecule has 1 aromatic rings. The molecule has 6 nitrogen and oxygen atoms in total. The van der Waals surface area contributed by atoms with Crippen LogP contribution in [0.5, 0.6) is 5.75 Å². The van der Waals surface area contributed by atoms with E-state index in [0.717, 1.165) is 31.7 Å². The van der Waals surface area contributed by atoms with E-state index in [-0.39, 0.29) is 24.5 Å². The zero-order valence-corrected chi connectivity index (χ0v) is 15.3. The third-order valence-corrected chi connectivity index (χ3v) is 3.72. The van der Waals surface area contributed by atoms with E-state index in [1.54, 1.807) is 0 Å². The summed E-state index contributed by atoms with van der Waals surface area (Å²) in [5, 5.41) is 6.42. The molecule has 0 aromatic heterocycles. The lowest BCUT2D eigenvalue weighted by atomic mass is 10.3. The number of benzene rings is 1. The molecule has 1 heterocycles. The molecule has 2 unspecified atom stereocenters. The van der Waals surface area contributed by atoms with Crippen molar-refractivity contribution >= 4 is 5.96 Å². The quantitative estimate of drug-likeness (QED) is 0.395. The number of hydrogen-bond acceptors (Lipinski definition) is 4. The van der Waals surface area contributed by atoms with E-state index in [4.69, 9.17) is 14.2 Å². The number of halogens is 2. The number of aliphatic imine (C=N–C) groups is 1. The summed E-state index contributed by atoms with van der Waals surface area (Å²) in [7, 11) is 0. The van der Waals surface area contributed by atoms with Crippen molar-refractivity contribution < 1.29 is 23.0 Å². The summed E-state index contributed by atoms with van der Waals surface area (Å²) in [6, 6.07) is 3.53. The van der Waals surface area contributed by atoms with E-state index < -0.39 is 11.6 Å². The van der Waals surface area contributed by atoms with Gasteiger partial charge in [-0.1, -0.05) is 0 Å². The molecule has 1 aliphatic rings. The number of rotatable bonds is 9. The highest BCUT2D eigenvalue weighted by molar-refractivity contribution is 5.80. The highest BCUT2D eigenvalue weighted by Gasteiger charge is 2.17. The summed E-state index contributed by atoms with van der Waals surface area (Å²) >= 11 is 0. The van der Waals surface area contributed by atoms with Gasteiger partial charge in [-0.25, -0.2) is 13.8 Å². The highest BCUT2D eigenvalue weighted by atomic mass is 19.2. The molecule has 0 spiro atoms. The molecule has 1 saturated heterocycles. The monoisotopic (exact) mass is 371 g/mol. The van der Waals surface area contributed by atoms with Crippen LogP contribution >= 0.6 is 0 Å². The second-order valence-electron chi connectivity index (χ2n) is 6.05. The molecule has 0 bridgehead atoms. The first-order valence-corrected chi connectivity index (χ1v) is 8.90. The number of hydrogen-bond donors (Lipinski definition) is 2. The molecule has 26 heavy (non-hydrogen) atoms. The Morgan fingerprint density at radius 1 is 1.38 bits per heavy atom. The van der Waals surface area contributed by atoms with Crippen LogP contribution in [0, 0.1) is 11.6 Å². The van der Waals surface area contributed by atoms with Crippen molar-refractivity contribution in [2.24, 2.45) is 4.99 Å². The molecular formula is C18H27F2N3O3. The van der Waals surface area contributed by atoms with Crippen LogP contribution in [0.3, 0.4) is 0 Å². The van der Waals surface area contributed by atoms with Gasteiger partial charge < -0.3 is 24.8 Å². The molecule has 2 N–H and O–H groups in total. The molecule has 1 aliphatic heterocycles. The zero-order valence-electron chi connectivity index (χ0n) is 15.3. The van der Waals surface area contributed by atoms with Crippen LogP contribution < -0.4 is 15.4 Å². The lowest BCUT2D eigenvalue weighted by Gasteiger charge is -2.19. The molecule has 1 aromatic carbocycles. The van der Waals surface area contributed by atoms with E-state index in [2.05, 4.69) is 15.6 Å². The van der Waals surface area contributed by atoms with E-state index in [9.17, 15) is 8.78 Å². The minimum Gasteiger partial charge on any atom is -0.492 e. The average molecular weight is 371 g/mol. The Hall–Kier alpha value is -1.93. The third-order valence-electron chi connectivity index (χ3n) is 3.72. The van der Waals surface area contributed by atoms with Gasteiger partial charge in [-0.3, -0.25) is 0 Å². The molecule has 1 fully saturated rings. The molecule has 2 rings (SSSR count). The predicted octanol–water partition coefficient (Wildman–Crippen LogP) is 2.09. The topological polar surface area (TPSA) is 64.1 Å². The summed E-state index contributed by atoms with van der Waals surface area (Å²) in [5.41, 5.74) is 0. The Labute approximate surface area is 152 Å². The van der Waals surface area contributed by atoms with Gasteiger partial charge in [0.05, 0.1) is 25.9 Å². The summed E-state index contributed by atoms with van der Waals surface area (Å²) in [5.74, 6) is -0.894. The van der Waals surface area contributed by atoms with Crippen molar-refractivity contribution in [3.8, 4) is 5.75 Å². The number of guanidine groups is 1. The lowest BCUT2D eigenvalue weighted by molar-refractivity contribution is 0.0347. The average Bonchev–Trinajstić information content (AvgIpc) is 3.13. The molecule has 146 valence electrons. The minimum atomic E-state index is -0.928. The van der Waals surface area contributed by atoms with Crippen molar-refractivity contribution in [2.45, 2.75) is 32.4 Å². The Morgan fingerprint density at radius 3 is 2.92 bits per heavy atom. The van der Waals surface area contributed by atoms with Crippen LogP contribution in [0.15, 0.2) is 23.2 Å². The van der Waals surface area contributed by atoms with Gasteiger partial charge in [0.1, 0.15) is 12.4 Å². The van der Waals surface area contributed by atoms with Gasteiger partial charge in [0.15, 0.2) is 17.6 Å². The van der Waals surface area contributed by atoms with Gasteiger partial charge >= 0.3 is 0 Å². The lowest BCUT2D eigenvalue weighted by Crippen LogP contribution is -2.44. The normalized spacial score (nSPS) is 18.6. The molecular weight excluding hydrogens is 344 g/mol. The summed E-state index contributed by atoms with van der Waals surface area (Å²) in [4.78, 5) is 4.41. The van der Waals surface area contributed by atoms with Crippen LogP contribution in [0.4, 0.5) is 8.78 Å². The fraction of sp³-hybridized carbons (Fsp3) is 0.611. The van der Waals surface area contributed by atoms with Crippen LogP contribution in [0.25, 0.3) is 0 Å². The van der Waals surface area contributed by atoms with Crippen molar-refractivity contribution in [3.05, 3.63) is 29.8 Å². The fourth-order valence-corrected chi connectivity index (χ4v) is 2.41. The van der Waals surface area contributed by atoms with Crippen LogP contribution in [-0.2, 0) is 9.47 Å². The molecule has 0 radical (unpaired) electrons. The van der Waals surface area contributed by atoms with Gasteiger partial charge in [0.25, 0.3) is 0 Å². The summed E-state index contributed by atoms with van der Waals surface area (Å²) in [6.45, 7) is 7.32. The molecule has 0 aliphatic carbocycles. The van der Waals surface area contributed by atoms with E-state index in [1.807, 2.05) is 13.8 Å². The largest absolute Gasteiger partial charge is 0.492 e. The summed E-state index contributed by atoms with van der Waals surface area (Å²) < 4.78 is 42.5. The number of nitrogens with one attached hydrogen (secondary N) is 2. The summed E-state index contributed by atoms with van der Waals surface area (Å²) in [6.07, 6.45) is 1.10. The van der Waals surface area contributed by atoms with Gasteiger partial charge in [-0.2, -0.15) is 0 Å². The maximum absolute atomic E-state index is 13.1. The van der Waals surface area contributed by atoms with E-state index in [0.29, 0.717) is 25.7 Å². The Balaban J connectivity index is 1.72. The van der Waals surface area contributed by atoms with Crippen LogP contribution in [0.1, 0.15) is 20.3 Å². The van der Waals surface area contributed by atoms with Gasteiger partial charge in [-0.15, -0.1) is 0 Å². The predicted molar refractivity (Wildman–Crippen MR) is 95.6 cm³/mol. The first kappa shape index (κ1) is 20.4. The number of ether oxygens (including phenoxy) is 3. The maximum Gasteiger partial charge on any atom is 0.191 e. The molecule has 2 atom stereocenters. The Morgan fingerprint density at radius 2 is 2.23 bits per heavy atom. The number of nitrogens with zero attached hydrogens (tertiary/aromatic N) is 1. The Kier molecular flexibility index (Phi) is 8.57. The zero-order chi connectivity index (χ0) is 18.8. The first-order valence-electron chi connectivity index (χ1n) is 8.90. The minimum absolute atomic E-state index is 0.0838. The Bertz CT molecular complexity index is 581. The van der Waals surface area contributed by atoms with Gasteiger partial charge in [0.2, 0.25) is 0 Å². The second kappa shape index (κ2) is 10.9. The molecule has 0 amide bonds. The van der Waals surface area contributed by atoms with E-state index >= 15 is 0 Å². The van der Waals surface area contributed by atoms with Crippen molar-refractivity contribution in [1.82, 2.24) is 10.6 Å². The fourth-order valence-electron chi connectivity index (χ4n) is 2.41. The smallest absolute Gasteiger partial charge is 0.191 e. The first-order chi connectivity index (χ1) is 12.6. The van der Waals surface area contributed by atoms with Crippen LogP contribution in [-0.4, -0.2) is 57.6 Å². The van der Waals surface area contributed by atoms with E-state index in [1.165, 1.54) is 6.07 Å². The van der Waals surface area contributed by atoms with Gasteiger partial charge in [-0.05, 0) is 32.4 Å². The van der Waals surface area contributed by atoms with Crippen molar-refractivity contribution in [1.29, 1.82) is 0 Å². The standard InChI is InChI=1S/C18H27F2N3O3/c1-3-21-18(23-13(2)11-26-15-6-8-24-12-15)22-7-9-25-14-4-5-16(19)17(20)10-14/h4-5,10,13,15H,3,6-9,11-12H2,1-2H3,(H2,21,22,23). The van der Waals surface area contributed by atoms with Gasteiger partial charge in [0, 0.05) is 25.3 Å². The SMILES string of the molecule is CCNC(=NCCOc1ccc(F)c(F)c1)NC(C)COC1CCOC1. The molecule has 0 saturated carbocycles. The van der Waals surface area contributed by atoms with Crippen molar-refractivity contribution in [3.63, 3.8) is 0 Å². The van der Waals surface area contributed by atoms with Crippen LogP contribution in [0.2, 0.25) is 0 Å². The van der Waals surface area contributed by atoms with Crippen molar-refractivity contribution in [2.75, 3.05) is 39.5 Å².